The second kappa shape index (κ2) is 10.9. The fraction of sp³-hybridized carbons (Fsp3) is 0.0682. The SMILES string of the molecule is C1#CC2c3cccc(-c4cccc(-c5cccc(C6C=Nc7c(oc8ccc9ccccc9c78)N6)c5)c4)c3SC2C(c2ccccc2)=C1. The Labute approximate surface area is 283 Å². The Morgan fingerprint density at radius 2 is 1.50 bits per heavy atom. The third-order valence-corrected chi connectivity index (χ3v) is 11.2. The summed E-state index contributed by atoms with van der Waals surface area (Å²) in [6.45, 7) is 0. The van der Waals surface area contributed by atoms with E-state index in [0.717, 1.165) is 27.6 Å². The summed E-state index contributed by atoms with van der Waals surface area (Å²) in [5, 5.41) is 7.30. The van der Waals surface area contributed by atoms with Gasteiger partial charge in [0.1, 0.15) is 11.3 Å². The second-order valence-corrected chi connectivity index (χ2v) is 13.7. The maximum absolute atomic E-state index is 6.29. The normalized spacial score (nSPS) is 18.8. The van der Waals surface area contributed by atoms with Crippen LogP contribution < -0.4 is 5.32 Å². The highest BCUT2D eigenvalue weighted by molar-refractivity contribution is 8.01. The maximum Gasteiger partial charge on any atom is 0.220 e. The minimum absolute atomic E-state index is 0.0995. The molecule has 10 rings (SSSR count). The molecule has 3 atom stereocenters. The van der Waals surface area contributed by atoms with Gasteiger partial charge in [0.05, 0.1) is 22.6 Å². The van der Waals surface area contributed by atoms with Gasteiger partial charge < -0.3 is 9.73 Å². The summed E-state index contributed by atoms with van der Waals surface area (Å²) < 4.78 is 6.29. The first kappa shape index (κ1) is 27.4. The lowest BCUT2D eigenvalue weighted by Gasteiger charge is -2.20. The van der Waals surface area contributed by atoms with Crippen LogP contribution in [0, 0.1) is 11.8 Å². The highest BCUT2D eigenvalue weighted by Crippen LogP contribution is 2.54. The minimum atomic E-state index is -0.0995. The van der Waals surface area contributed by atoms with E-state index < -0.39 is 0 Å². The molecule has 1 N–H and O–H groups in total. The standard InChI is InChI=1S/C44H28N2OS/c1-2-10-27(11-3-1)34-18-8-20-36-37-21-9-19-35(43(37)48-42(34)36)31-15-6-13-29(24-31)30-14-7-16-32(25-30)38-26-45-41-40-33-17-5-4-12-28(33)22-23-39(40)47-44(41)46-38/h1-7,9-19,21-26,36,38,42,46H. The number of aliphatic imine (C=N–C) groups is 1. The molecule has 0 bridgehead atoms. The first-order valence-electron chi connectivity index (χ1n) is 16.3. The largest absolute Gasteiger partial charge is 0.438 e. The summed E-state index contributed by atoms with van der Waals surface area (Å²) in [5.41, 5.74) is 11.6. The molecule has 0 radical (unpaired) electrons. The lowest BCUT2D eigenvalue weighted by atomic mass is 9.85. The van der Waals surface area contributed by atoms with Gasteiger partial charge >= 0.3 is 0 Å². The third kappa shape index (κ3) is 4.36. The van der Waals surface area contributed by atoms with E-state index in [1.54, 1.807) is 0 Å². The van der Waals surface area contributed by atoms with Crippen molar-refractivity contribution in [3.05, 3.63) is 156 Å². The highest BCUT2D eigenvalue weighted by atomic mass is 32.2. The van der Waals surface area contributed by atoms with E-state index in [4.69, 9.17) is 9.41 Å². The van der Waals surface area contributed by atoms with Crippen LogP contribution in [-0.2, 0) is 0 Å². The molecule has 3 heterocycles. The van der Waals surface area contributed by atoms with Gasteiger partial charge in [-0.3, -0.25) is 4.99 Å². The molecular formula is C44H28N2OS. The van der Waals surface area contributed by atoms with Crippen molar-refractivity contribution in [1.29, 1.82) is 0 Å². The van der Waals surface area contributed by atoms with Gasteiger partial charge in [-0.2, -0.15) is 0 Å². The predicted molar refractivity (Wildman–Crippen MR) is 200 cm³/mol. The molecule has 3 aliphatic rings. The molecule has 0 saturated heterocycles. The number of rotatable bonds is 4. The Morgan fingerprint density at radius 3 is 2.44 bits per heavy atom. The van der Waals surface area contributed by atoms with E-state index in [1.807, 2.05) is 24.0 Å². The molecule has 2 aliphatic heterocycles. The molecule has 7 aromatic rings. The molecule has 3 unspecified atom stereocenters. The molecule has 4 heteroatoms. The summed E-state index contributed by atoms with van der Waals surface area (Å²) in [6.07, 6.45) is 4.12. The number of fused-ring (bicyclic) bond motifs is 8. The first-order valence-corrected chi connectivity index (χ1v) is 17.2. The van der Waals surface area contributed by atoms with E-state index in [2.05, 4.69) is 151 Å². The number of anilines is 1. The summed E-state index contributed by atoms with van der Waals surface area (Å²) in [4.78, 5) is 6.28. The van der Waals surface area contributed by atoms with Crippen LogP contribution in [0.1, 0.15) is 28.7 Å². The molecule has 1 aromatic heterocycles. The van der Waals surface area contributed by atoms with Crippen molar-refractivity contribution in [1.82, 2.24) is 0 Å². The quantitative estimate of drug-likeness (QED) is 0.196. The zero-order valence-corrected chi connectivity index (χ0v) is 26.7. The van der Waals surface area contributed by atoms with Crippen LogP contribution in [0.4, 0.5) is 11.6 Å². The number of furan rings is 1. The van der Waals surface area contributed by atoms with Crippen LogP contribution in [-0.4, -0.2) is 11.5 Å². The topological polar surface area (TPSA) is 37.5 Å². The predicted octanol–water partition coefficient (Wildman–Crippen LogP) is 11.4. The van der Waals surface area contributed by atoms with Gasteiger partial charge in [-0.05, 0) is 79.6 Å². The lowest BCUT2D eigenvalue weighted by Crippen LogP contribution is -2.14. The summed E-state index contributed by atoms with van der Waals surface area (Å²) >= 11 is 1.96. The zero-order valence-electron chi connectivity index (χ0n) is 25.9. The number of nitrogens with one attached hydrogen (secondary N) is 1. The summed E-state index contributed by atoms with van der Waals surface area (Å²) in [7, 11) is 0. The number of hydrogen-bond acceptors (Lipinski definition) is 4. The molecule has 0 amide bonds. The Morgan fingerprint density at radius 1 is 0.708 bits per heavy atom. The van der Waals surface area contributed by atoms with Gasteiger partial charge in [-0.15, -0.1) is 11.8 Å². The van der Waals surface area contributed by atoms with Crippen molar-refractivity contribution in [2.45, 2.75) is 22.1 Å². The molecule has 0 fully saturated rings. The molecule has 48 heavy (non-hydrogen) atoms. The highest BCUT2D eigenvalue weighted by Gasteiger charge is 2.37. The average Bonchev–Trinajstić information content (AvgIpc) is 3.74. The van der Waals surface area contributed by atoms with Crippen LogP contribution in [0.2, 0.25) is 0 Å². The van der Waals surface area contributed by atoms with Crippen LogP contribution >= 0.6 is 11.8 Å². The second-order valence-electron chi connectivity index (χ2n) is 12.5. The van der Waals surface area contributed by atoms with Crippen molar-refractivity contribution < 1.29 is 4.42 Å². The first-order chi connectivity index (χ1) is 23.8. The van der Waals surface area contributed by atoms with Crippen LogP contribution in [0.15, 0.2) is 154 Å². The molecule has 0 saturated carbocycles. The van der Waals surface area contributed by atoms with Gasteiger partial charge in [0.2, 0.25) is 5.88 Å². The number of benzene rings is 6. The smallest absolute Gasteiger partial charge is 0.220 e. The van der Waals surface area contributed by atoms with Crippen molar-refractivity contribution in [2.24, 2.45) is 4.99 Å². The van der Waals surface area contributed by atoms with E-state index in [1.165, 1.54) is 49.2 Å². The Bertz CT molecular complexity index is 2550. The summed E-state index contributed by atoms with van der Waals surface area (Å²) in [5.74, 6) is 7.79. The fourth-order valence-electron chi connectivity index (χ4n) is 7.43. The van der Waals surface area contributed by atoms with Crippen LogP contribution in [0.3, 0.4) is 0 Å². The lowest BCUT2D eigenvalue weighted by molar-refractivity contribution is 0.623. The van der Waals surface area contributed by atoms with E-state index >= 15 is 0 Å². The monoisotopic (exact) mass is 632 g/mol. The Balaban J connectivity index is 0.965. The molecule has 3 nitrogen and oxygen atoms in total. The van der Waals surface area contributed by atoms with Crippen molar-refractivity contribution in [3.8, 4) is 34.1 Å². The van der Waals surface area contributed by atoms with Crippen LogP contribution in [0.5, 0.6) is 0 Å². The maximum atomic E-state index is 6.29. The van der Waals surface area contributed by atoms with Crippen molar-refractivity contribution in [3.63, 3.8) is 0 Å². The Kier molecular flexibility index (Phi) is 6.22. The van der Waals surface area contributed by atoms with E-state index in [9.17, 15) is 0 Å². The number of allylic oxidation sites excluding steroid dienone is 1. The number of hydrogen-bond donors (Lipinski definition) is 1. The van der Waals surface area contributed by atoms with E-state index in [0.29, 0.717) is 11.1 Å². The van der Waals surface area contributed by atoms with Crippen molar-refractivity contribution in [2.75, 3.05) is 5.32 Å². The summed E-state index contributed by atoms with van der Waals surface area (Å²) in [6, 6.07) is 47.5. The average molecular weight is 633 g/mol. The zero-order chi connectivity index (χ0) is 31.6. The molecule has 6 aromatic carbocycles. The number of thioether (sulfide) groups is 1. The van der Waals surface area contributed by atoms with Crippen molar-refractivity contribution >= 4 is 56.9 Å². The third-order valence-electron chi connectivity index (χ3n) is 9.75. The van der Waals surface area contributed by atoms with Gasteiger partial charge in [-0.25, -0.2) is 0 Å². The van der Waals surface area contributed by atoms with Gasteiger partial charge in [0, 0.05) is 11.1 Å². The minimum Gasteiger partial charge on any atom is -0.438 e. The molecule has 0 spiro atoms. The fourth-order valence-corrected chi connectivity index (χ4v) is 9.01. The molecular weight excluding hydrogens is 605 g/mol. The van der Waals surface area contributed by atoms with Gasteiger partial charge in [-0.1, -0.05) is 127 Å². The Hall–Kier alpha value is -5.76. The molecule has 1 aliphatic carbocycles. The van der Waals surface area contributed by atoms with Crippen LogP contribution in [0.25, 0.3) is 49.6 Å². The van der Waals surface area contributed by atoms with Gasteiger partial charge in [0.25, 0.3) is 0 Å². The van der Waals surface area contributed by atoms with Gasteiger partial charge in [0.15, 0.2) is 0 Å². The molecule has 226 valence electrons. The van der Waals surface area contributed by atoms with E-state index in [-0.39, 0.29) is 12.0 Å². The number of nitrogens with zero attached hydrogens (tertiary/aromatic N) is 1.